The van der Waals surface area contributed by atoms with E-state index >= 15 is 0 Å². The molecule has 13 heteroatoms. The van der Waals surface area contributed by atoms with Crippen LogP contribution in [0.3, 0.4) is 0 Å². The molecule has 0 spiro atoms. The number of amides is 4. The normalized spacial score (nSPS) is 16.6. The Balaban J connectivity index is 0.947. The minimum Gasteiger partial charge on any atom is -0.497 e. The Morgan fingerprint density at radius 2 is 1.04 bits per heavy atom. The highest BCUT2D eigenvalue weighted by Crippen LogP contribution is 2.28. The molecule has 0 unspecified atom stereocenters. The molecule has 0 bridgehead atoms. The highest BCUT2D eigenvalue weighted by Gasteiger charge is 2.36. The average Bonchev–Trinajstić information content (AvgIpc) is 4.00. The Morgan fingerprint density at radius 3 is 1.43 bits per heavy atom. The van der Waals surface area contributed by atoms with Crippen LogP contribution < -0.4 is 20.1 Å². The predicted octanol–water partition coefficient (Wildman–Crippen LogP) is 5.91. The molecule has 0 saturated carbocycles. The van der Waals surface area contributed by atoms with Crippen molar-refractivity contribution in [3.63, 3.8) is 0 Å². The zero-order valence-electron chi connectivity index (χ0n) is 29.3. The summed E-state index contributed by atoms with van der Waals surface area (Å²) in [5.74, 6) is 0.818. The number of nitrogens with one attached hydrogen (secondary N) is 2. The molecule has 0 radical (unpaired) electrons. The molecule has 13 nitrogen and oxygen atoms in total. The molecule has 5 aromatic rings. The fraction of sp³-hybridized carbons (Fsp3) is 0.250. The number of rotatable bonds is 10. The SMILES string of the molecule is COc1cccc(C(=O)N2CCC[C@H]2C(=O)Nc2ccc(-c3nnc(-c4ccc(NC(=O)[C@@H]5CCCN5C(=O)c5cccc(OC)c5)cc4)o3)cc2)c1. The molecule has 2 aliphatic rings. The van der Waals surface area contributed by atoms with Gasteiger partial charge in [0.2, 0.25) is 23.6 Å². The van der Waals surface area contributed by atoms with E-state index in [0.29, 0.717) is 82.8 Å². The quantitative estimate of drug-likeness (QED) is 0.180. The van der Waals surface area contributed by atoms with E-state index in [0.717, 1.165) is 12.8 Å². The maximum absolute atomic E-state index is 13.3. The van der Waals surface area contributed by atoms with Crippen molar-refractivity contribution in [1.82, 2.24) is 20.0 Å². The number of benzene rings is 4. The van der Waals surface area contributed by atoms with Crippen LogP contribution >= 0.6 is 0 Å². The second-order valence-electron chi connectivity index (χ2n) is 12.8. The molecule has 4 aromatic carbocycles. The molecule has 0 aliphatic carbocycles. The molecule has 53 heavy (non-hydrogen) atoms. The van der Waals surface area contributed by atoms with Gasteiger partial charge in [-0.15, -0.1) is 10.2 Å². The Morgan fingerprint density at radius 1 is 0.623 bits per heavy atom. The van der Waals surface area contributed by atoms with Crippen LogP contribution in [0.4, 0.5) is 11.4 Å². The third-order valence-corrected chi connectivity index (χ3v) is 9.49. The zero-order valence-corrected chi connectivity index (χ0v) is 29.3. The minimum absolute atomic E-state index is 0.210. The highest BCUT2D eigenvalue weighted by atomic mass is 16.5. The van der Waals surface area contributed by atoms with Crippen LogP contribution in [0.2, 0.25) is 0 Å². The number of hydrogen-bond donors (Lipinski definition) is 2. The summed E-state index contributed by atoms with van der Waals surface area (Å²) in [5.41, 5.74) is 3.41. The molecule has 2 aliphatic heterocycles. The van der Waals surface area contributed by atoms with Crippen molar-refractivity contribution in [1.29, 1.82) is 0 Å². The fourth-order valence-corrected chi connectivity index (χ4v) is 6.71. The summed E-state index contributed by atoms with van der Waals surface area (Å²) in [4.78, 5) is 56.2. The van der Waals surface area contributed by atoms with Crippen molar-refractivity contribution < 1.29 is 33.1 Å². The van der Waals surface area contributed by atoms with Gasteiger partial charge in [0.1, 0.15) is 23.6 Å². The van der Waals surface area contributed by atoms with E-state index in [9.17, 15) is 19.2 Å². The van der Waals surface area contributed by atoms with Crippen molar-refractivity contribution in [3.05, 3.63) is 108 Å². The first-order valence-electron chi connectivity index (χ1n) is 17.4. The standard InChI is InChI=1S/C40H38N6O7/c1-51-31-9-3-7-27(23-31)39(49)45-21-5-11-33(45)35(47)41-29-17-13-25(14-18-29)37-43-44-38(53-37)26-15-19-30(20-16-26)42-36(48)34-12-6-22-46(34)40(50)28-8-4-10-32(24-28)52-2/h3-4,7-10,13-20,23-24,33-34H,5-6,11-12,21-22H2,1-2H3,(H,41,47)(H,42,48)/t33-,34-/m0/s1. The number of carbonyl (C=O) groups excluding carboxylic acids is 4. The van der Waals surface area contributed by atoms with Gasteiger partial charge < -0.3 is 34.3 Å². The Labute approximate surface area is 305 Å². The lowest BCUT2D eigenvalue weighted by molar-refractivity contribution is -0.120. The van der Waals surface area contributed by atoms with E-state index in [-0.39, 0.29) is 23.6 Å². The molecule has 4 amide bonds. The summed E-state index contributed by atoms with van der Waals surface area (Å²) < 4.78 is 16.5. The van der Waals surface area contributed by atoms with Crippen molar-refractivity contribution in [2.24, 2.45) is 0 Å². The first-order valence-corrected chi connectivity index (χ1v) is 17.4. The van der Waals surface area contributed by atoms with Crippen LogP contribution in [0.5, 0.6) is 11.5 Å². The van der Waals surface area contributed by atoms with Crippen LogP contribution in [0.15, 0.2) is 101 Å². The van der Waals surface area contributed by atoms with Crippen molar-refractivity contribution in [3.8, 4) is 34.4 Å². The molecule has 2 fully saturated rings. The Kier molecular flexibility index (Phi) is 10.1. The Bertz CT molecular complexity index is 1980. The van der Waals surface area contributed by atoms with Gasteiger partial charge >= 0.3 is 0 Å². The summed E-state index contributed by atoms with van der Waals surface area (Å²) >= 11 is 0. The van der Waals surface area contributed by atoms with E-state index in [4.69, 9.17) is 13.9 Å². The molecule has 2 atom stereocenters. The van der Waals surface area contributed by atoms with E-state index in [1.54, 1.807) is 121 Å². The number of carbonyl (C=O) groups is 4. The smallest absolute Gasteiger partial charge is 0.254 e. The number of likely N-dealkylation sites (tertiary alicyclic amines) is 2. The van der Waals surface area contributed by atoms with E-state index in [1.165, 1.54) is 0 Å². The Hall–Kier alpha value is -6.50. The maximum atomic E-state index is 13.3. The van der Waals surface area contributed by atoms with Crippen molar-refractivity contribution in [2.45, 2.75) is 37.8 Å². The van der Waals surface area contributed by atoms with Gasteiger partial charge in [0, 0.05) is 46.7 Å². The number of anilines is 2. The number of ether oxygens (including phenoxy) is 2. The van der Waals surface area contributed by atoms with Crippen LogP contribution in [-0.4, -0.2) is 83.0 Å². The lowest BCUT2D eigenvalue weighted by atomic mass is 10.1. The number of hydrogen-bond acceptors (Lipinski definition) is 9. The summed E-state index contributed by atoms with van der Waals surface area (Å²) in [6, 6.07) is 26.7. The number of nitrogens with zero attached hydrogens (tertiary/aromatic N) is 4. The van der Waals surface area contributed by atoms with E-state index in [2.05, 4.69) is 20.8 Å². The van der Waals surface area contributed by atoms with Crippen LogP contribution in [0, 0.1) is 0 Å². The van der Waals surface area contributed by atoms with Crippen molar-refractivity contribution >= 4 is 35.0 Å². The summed E-state index contributed by atoms with van der Waals surface area (Å²) in [5, 5.41) is 14.3. The number of aromatic nitrogens is 2. The second-order valence-corrected chi connectivity index (χ2v) is 12.8. The third-order valence-electron chi connectivity index (χ3n) is 9.49. The molecule has 270 valence electrons. The van der Waals surface area contributed by atoms with Gasteiger partial charge in [-0.05, 0) is 111 Å². The predicted molar refractivity (Wildman–Crippen MR) is 197 cm³/mol. The van der Waals surface area contributed by atoms with Gasteiger partial charge in [0.15, 0.2) is 0 Å². The van der Waals surface area contributed by atoms with Crippen LogP contribution in [-0.2, 0) is 9.59 Å². The van der Waals surface area contributed by atoms with Crippen molar-refractivity contribution in [2.75, 3.05) is 37.9 Å². The summed E-state index contributed by atoms with van der Waals surface area (Å²) in [7, 11) is 3.09. The lowest BCUT2D eigenvalue weighted by Gasteiger charge is -2.24. The largest absolute Gasteiger partial charge is 0.497 e. The molecule has 3 heterocycles. The lowest BCUT2D eigenvalue weighted by Crippen LogP contribution is -2.43. The third kappa shape index (κ3) is 7.59. The molecule has 1 aromatic heterocycles. The van der Waals surface area contributed by atoms with Gasteiger partial charge in [0.05, 0.1) is 14.2 Å². The van der Waals surface area contributed by atoms with Crippen LogP contribution in [0.1, 0.15) is 46.4 Å². The first-order chi connectivity index (χ1) is 25.8. The fourth-order valence-electron chi connectivity index (χ4n) is 6.71. The van der Waals surface area contributed by atoms with E-state index in [1.807, 2.05) is 0 Å². The molecular weight excluding hydrogens is 676 g/mol. The van der Waals surface area contributed by atoms with Gasteiger partial charge in [-0.1, -0.05) is 12.1 Å². The number of methoxy groups -OCH3 is 2. The maximum Gasteiger partial charge on any atom is 0.254 e. The van der Waals surface area contributed by atoms with Gasteiger partial charge in [0.25, 0.3) is 11.8 Å². The van der Waals surface area contributed by atoms with E-state index < -0.39 is 12.1 Å². The first kappa shape index (κ1) is 34.9. The molecule has 2 N–H and O–H groups in total. The summed E-state index contributed by atoms with van der Waals surface area (Å²) in [6.45, 7) is 0.994. The minimum atomic E-state index is -0.585. The topological polar surface area (TPSA) is 156 Å². The zero-order chi connectivity index (χ0) is 36.9. The molecule has 2 saturated heterocycles. The van der Waals surface area contributed by atoms with Gasteiger partial charge in [-0.2, -0.15) is 0 Å². The summed E-state index contributed by atoms with van der Waals surface area (Å²) in [6.07, 6.45) is 2.61. The highest BCUT2D eigenvalue weighted by molar-refractivity contribution is 6.03. The van der Waals surface area contributed by atoms with Gasteiger partial charge in [-0.25, -0.2) is 0 Å². The molecular formula is C40H38N6O7. The molecule has 7 rings (SSSR count). The van der Waals surface area contributed by atoms with Gasteiger partial charge in [-0.3, -0.25) is 19.2 Å². The monoisotopic (exact) mass is 714 g/mol. The average molecular weight is 715 g/mol. The van der Waals surface area contributed by atoms with Crippen LogP contribution in [0.25, 0.3) is 22.9 Å². The second kappa shape index (κ2) is 15.4.